The summed E-state index contributed by atoms with van der Waals surface area (Å²) in [7, 11) is 0. The molecule has 1 aromatic heterocycles. The highest BCUT2D eigenvalue weighted by Gasteiger charge is 2.17. The number of aliphatic hydroxyl groups excluding tert-OH is 1. The van der Waals surface area contributed by atoms with Crippen LogP contribution in [0.2, 0.25) is 0 Å². The Morgan fingerprint density at radius 1 is 1.29 bits per heavy atom. The largest absolute Gasteiger partial charge is 0.392 e. The van der Waals surface area contributed by atoms with Gasteiger partial charge in [-0.15, -0.1) is 11.3 Å². The maximum atomic E-state index is 10.2. The van der Waals surface area contributed by atoms with E-state index < -0.39 is 0 Å². The van der Waals surface area contributed by atoms with Crippen molar-refractivity contribution in [1.82, 2.24) is 4.98 Å². The van der Waals surface area contributed by atoms with Crippen LogP contribution < -0.4 is 0 Å². The normalized spacial score (nSPS) is 14.5. The number of aromatic nitrogens is 1. The molecule has 1 N–H and O–H groups in total. The fourth-order valence-corrected chi connectivity index (χ4v) is 2.50. The summed E-state index contributed by atoms with van der Waals surface area (Å²) in [5, 5.41) is 13.3. The van der Waals surface area contributed by atoms with Gasteiger partial charge in [0.1, 0.15) is 0 Å². The second kappa shape index (κ2) is 5.43. The molecule has 0 aliphatic rings. The van der Waals surface area contributed by atoms with Gasteiger partial charge in [-0.1, -0.05) is 37.3 Å². The zero-order valence-electron chi connectivity index (χ0n) is 10.1. The van der Waals surface area contributed by atoms with Gasteiger partial charge in [0, 0.05) is 17.7 Å². The van der Waals surface area contributed by atoms with E-state index in [2.05, 4.69) is 24.0 Å². The number of benzene rings is 1. The minimum Gasteiger partial charge on any atom is -0.392 e. The molecule has 0 amide bonds. The van der Waals surface area contributed by atoms with Crippen molar-refractivity contribution in [2.45, 2.75) is 32.3 Å². The van der Waals surface area contributed by atoms with Gasteiger partial charge in [-0.3, -0.25) is 0 Å². The number of hydrogen-bond acceptors (Lipinski definition) is 3. The molecule has 0 fully saturated rings. The molecule has 0 aliphatic carbocycles. The third-order valence-corrected chi connectivity index (χ3v) is 3.81. The predicted octanol–water partition coefficient (Wildman–Crippen LogP) is 3.16. The smallest absolute Gasteiger partial charge is 0.0897 e. The average Bonchev–Trinajstić information content (AvgIpc) is 2.75. The lowest BCUT2D eigenvalue weighted by Gasteiger charge is -2.18. The number of nitrogens with zero attached hydrogens (tertiary/aromatic N) is 1. The molecule has 0 radical (unpaired) electrons. The van der Waals surface area contributed by atoms with E-state index in [1.807, 2.05) is 30.5 Å². The lowest BCUT2D eigenvalue weighted by Crippen LogP contribution is -2.18. The Kier molecular flexibility index (Phi) is 3.92. The van der Waals surface area contributed by atoms with Crippen LogP contribution in [-0.4, -0.2) is 16.2 Å². The van der Waals surface area contributed by atoms with Crippen LogP contribution in [-0.2, 0) is 6.42 Å². The van der Waals surface area contributed by atoms with E-state index in [1.165, 1.54) is 5.56 Å². The molecule has 2 atom stereocenters. The van der Waals surface area contributed by atoms with Crippen LogP contribution in [0, 0.1) is 6.92 Å². The molecule has 3 heteroatoms. The molecule has 0 bridgehead atoms. The van der Waals surface area contributed by atoms with Crippen molar-refractivity contribution in [3.8, 4) is 0 Å². The molecule has 0 aliphatic heterocycles. The number of aliphatic hydroxyl groups is 1. The molecule has 0 saturated carbocycles. The monoisotopic (exact) mass is 247 g/mol. The van der Waals surface area contributed by atoms with Crippen LogP contribution in [0.1, 0.15) is 29.1 Å². The Labute approximate surface area is 106 Å². The van der Waals surface area contributed by atoms with E-state index in [1.54, 1.807) is 11.3 Å². The number of rotatable bonds is 4. The Morgan fingerprint density at radius 2 is 2.00 bits per heavy atom. The van der Waals surface area contributed by atoms with Crippen molar-refractivity contribution in [3.05, 3.63) is 52.0 Å². The Hall–Kier alpha value is -1.19. The van der Waals surface area contributed by atoms with Crippen molar-refractivity contribution >= 4 is 11.3 Å². The van der Waals surface area contributed by atoms with E-state index in [9.17, 15) is 5.11 Å². The zero-order valence-corrected chi connectivity index (χ0v) is 10.9. The predicted molar refractivity (Wildman–Crippen MR) is 71.4 cm³/mol. The molecular formula is C14H17NOS. The first-order chi connectivity index (χ1) is 8.16. The van der Waals surface area contributed by atoms with Crippen molar-refractivity contribution in [2.24, 2.45) is 0 Å². The van der Waals surface area contributed by atoms with Crippen molar-refractivity contribution in [3.63, 3.8) is 0 Å². The Bertz CT molecular complexity index is 466. The first-order valence-corrected chi connectivity index (χ1v) is 6.69. The molecule has 1 aromatic carbocycles. The van der Waals surface area contributed by atoms with E-state index in [4.69, 9.17) is 0 Å². The third kappa shape index (κ3) is 3.14. The van der Waals surface area contributed by atoms with Gasteiger partial charge in [-0.2, -0.15) is 0 Å². The van der Waals surface area contributed by atoms with Crippen LogP contribution >= 0.6 is 11.3 Å². The molecule has 0 spiro atoms. The van der Waals surface area contributed by atoms with E-state index in [0.29, 0.717) is 6.42 Å². The minimum atomic E-state index is -0.376. The summed E-state index contributed by atoms with van der Waals surface area (Å²) in [6.45, 7) is 4.04. The molecule has 0 saturated heterocycles. The van der Waals surface area contributed by atoms with Crippen LogP contribution in [0.15, 0.2) is 35.7 Å². The molecule has 17 heavy (non-hydrogen) atoms. The lowest BCUT2D eigenvalue weighted by atomic mass is 9.93. The van der Waals surface area contributed by atoms with Crippen molar-refractivity contribution in [1.29, 1.82) is 0 Å². The number of aryl methyl sites for hydroxylation is 1. The zero-order chi connectivity index (χ0) is 12.3. The molecular weight excluding hydrogens is 230 g/mol. The highest BCUT2D eigenvalue weighted by molar-refractivity contribution is 7.09. The molecule has 90 valence electrons. The first kappa shape index (κ1) is 12.3. The van der Waals surface area contributed by atoms with E-state index in [-0.39, 0.29) is 12.0 Å². The SMILES string of the molecule is Cc1nc(CC(O)C(C)c2ccccc2)cs1. The molecule has 2 nitrogen and oxygen atoms in total. The van der Waals surface area contributed by atoms with Gasteiger partial charge in [-0.05, 0) is 12.5 Å². The Morgan fingerprint density at radius 3 is 2.59 bits per heavy atom. The van der Waals surface area contributed by atoms with Gasteiger partial charge in [0.15, 0.2) is 0 Å². The summed E-state index contributed by atoms with van der Waals surface area (Å²) in [6, 6.07) is 10.1. The minimum absolute atomic E-state index is 0.137. The first-order valence-electron chi connectivity index (χ1n) is 5.81. The summed E-state index contributed by atoms with van der Waals surface area (Å²) in [5.74, 6) is 0.137. The van der Waals surface area contributed by atoms with Gasteiger partial charge in [0.25, 0.3) is 0 Å². The average molecular weight is 247 g/mol. The molecule has 2 unspecified atom stereocenters. The lowest BCUT2D eigenvalue weighted by molar-refractivity contribution is 0.148. The van der Waals surface area contributed by atoms with E-state index >= 15 is 0 Å². The fourth-order valence-electron chi connectivity index (χ4n) is 1.87. The Balaban J connectivity index is 2.03. The molecule has 2 rings (SSSR count). The summed E-state index contributed by atoms with van der Waals surface area (Å²) < 4.78 is 0. The van der Waals surface area contributed by atoms with Gasteiger partial charge in [0.2, 0.25) is 0 Å². The summed E-state index contributed by atoms with van der Waals surface area (Å²) in [6.07, 6.45) is 0.249. The summed E-state index contributed by atoms with van der Waals surface area (Å²) in [5.41, 5.74) is 2.16. The van der Waals surface area contributed by atoms with Crippen molar-refractivity contribution in [2.75, 3.05) is 0 Å². The van der Waals surface area contributed by atoms with Crippen LogP contribution in [0.4, 0.5) is 0 Å². The molecule has 2 aromatic rings. The topological polar surface area (TPSA) is 33.1 Å². The van der Waals surface area contributed by atoms with Gasteiger partial charge in [-0.25, -0.2) is 4.98 Å². The summed E-state index contributed by atoms with van der Waals surface area (Å²) in [4.78, 5) is 4.39. The van der Waals surface area contributed by atoms with Crippen molar-refractivity contribution < 1.29 is 5.11 Å². The fraction of sp³-hybridized carbons (Fsp3) is 0.357. The standard InChI is InChI=1S/C14H17NOS/c1-10(12-6-4-3-5-7-12)14(16)8-13-9-17-11(2)15-13/h3-7,9-10,14,16H,8H2,1-2H3. The van der Waals surface area contributed by atoms with Gasteiger partial charge < -0.3 is 5.11 Å². The van der Waals surface area contributed by atoms with Crippen LogP contribution in [0.25, 0.3) is 0 Å². The van der Waals surface area contributed by atoms with Gasteiger partial charge >= 0.3 is 0 Å². The number of thiazole rings is 1. The van der Waals surface area contributed by atoms with Crippen LogP contribution in [0.3, 0.4) is 0 Å². The van der Waals surface area contributed by atoms with Crippen LogP contribution in [0.5, 0.6) is 0 Å². The molecule has 1 heterocycles. The highest BCUT2D eigenvalue weighted by Crippen LogP contribution is 2.22. The maximum Gasteiger partial charge on any atom is 0.0897 e. The third-order valence-electron chi connectivity index (χ3n) is 2.99. The summed E-state index contributed by atoms with van der Waals surface area (Å²) >= 11 is 1.63. The van der Waals surface area contributed by atoms with E-state index in [0.717, 1.165) is 10.7 Å². The maximum absolute atomic E-state index is 10.2. The highest BCUT2D eigenvalue weighted by atomic mass is 32.1. The second-order valence-corrected chi connectivity index (χ2v) is 5.39. The number of hydrogen-bond donors (Lipinski definition) is 1. The quantitative estimate of drug-likeness (QED) is 0.900. The second-order valence-electron chi connectivity index (χ2n) is 4.33. The van der Waals surface area contributed by atoms with Gasteiger partial charge in [0.05, 0.1) is 16.8 Å².